The maximum absolute atomic E-state index is 13.0. The van der Waals surface area contributed by atoms with Crippen molar-refractivity contribution in [3.8, 4) is 0 Å². The van der Waals surface area contributed by atoms with E-state index >= 15 is 0 Å². The Balaban J connectivity index is 2.19. The van der Waals surface area contributed by atoms with Crippen LogP contribution in [0.15, 0.2) is 18.2 Å². The van der Waals surface area contributed by atoms with E-state index in [-0.39, 0.29) is 11.4 Å². The van der Waals surface area contributed by atoms with Crippen LogP contribution in [0.2, 0.25) is 5.02 Å². The number of hydrogen-bond acceptors (Lipinski definition) is 2. The van der Waals surface area contributed by atoms with Gasteiger partial charge in [-0.15, -0.1) is 0 Å². The lowest BCUT2D eigenvalue weighted by Gasteiger charge is -2.42. The number of nitrogens with two attached hydrogens (primary N) is 1. The summed E-state index contributed by atoms with van der Waals surface area (Å²) in [5.41, 5.74) is 6.27. The zero-order valence-corrected chi connectivity index (χ0v) is 9.15. The lowest BCUT2D eigenvalue weighted by atomic mass is 9.76. The van der Waals surface area contributed by atoms with Gasteiger partial charge in [-0.2, -0.15) is 0 Å². The number of anilines is 1. The van der Waals surface area contributed by atoms with Crippen LogP contribution in [-0.2, 0) is 0 Å². The lowest BCUT2D eigenvalue weighted by Crippen LogP contribution is -2.51. The third kappa shape index (κ3) is 2.08. The van der Waals surface area contributed by atoms with Crippen LogP contribution in [0, 0.1) is 5.82 Å². The van der Waals surface area contributed by atoms with Gasteiger partial charge in [-0.3, -0.25) is 0 Å². The average molecular weight is 229 g/mol. The number of halogens is 2. The Morgan fingerprint density at radius 2 is 2.20 bits per heavy atom. The molecule has 0 bridgehead atoms. The van der Waals surface area contributed by atoms with Gasteiger partial charge < -0.3 is 11.1 Å². The van der Waals surface area contributed by atoms with E-state index in [0.717, 1.165) is 19.3 Å². The quantitative estimate of drug-likeness (QED) is 0.835. The van der Waals surface area contributed by atoms with Crippen LogP contribution in [0.5, 0.6) is 0 Å². The van der Waals surface area contributed by atoms with Gasteiger partial charge in [0.25, 0.3) is 0 Å². The standard InChI is InChI=1S/C11H14ClFN2/c12-9-3-2-8(13)6-10(9)15-11(7-14)4-1-5-11/h2-3,6,15H,1,4-5,7,14H2. The summed E-state index contributed by atoms with van der Waals surface area (Å²) >= 11 is 5.97. The summed E-state index contributed by atoms with van der Waals surface area (Å²) in [6, 6.07) is 4.32. The van der Waals surface area contributed by atoms with Crippen LogP contribution in [0.25, 0.3) is 0 Å². The second-order valence-electron chi connectivity index (χ2n) is 4.09. The van der Waals surface area contributed by atoms with Gasteiger partial charge in [-0.1, -0.05) is 11.6 Å². The second kappa shape index (κ2) is 3.99. The highest BCUT2D eigenvalue weighted by Gasteiger charge is 2.35. The average Bonchev–Trinajstić information content (AvgIpc) is 2.17. The first-order chi connectivity index (χ1) is 7.15. The summed E-state index contributed by atoms with van der Waals surface area (Å²) in [4.78, 5) is 0. The molecule has 1 aromatic carbocycles. The maximum atomic E-state index is 13.0. The van der Waals surface area contributed by atoms with Crippen molar-refractivity contribution in [3.63, 3.8) is 0 Å². The Morgan fingerprint density at radius 1 is 1.47 bits per heavy atom. The molecule has 0 amide bonds. The van der Waals surface area contributed by atoms with E-state index in [1.807, 2.05) is 0 Å². The maximum Gasteiger partial charge on any atom is 0.125 e. The minimum absolute atomic E-state index is 0.0720. The summed E-state index contributed by atoms with van der Waals surface area (Å²) < 4.78 is 13.0. The van der Waals surface area contributed by atoms with E-state index < -0.39 is 0 Å². The zero-order valence-electron chi connectivity index (χ0n) is 8.39. The van der Waals surface area contributed by atoms with Crippen LogP contribution in [-0.4, -0.2) is 12.1 Å². The molecule has 2 rings (SSSR count). The summed E-state index contributed by atoms with van der Waals surface area (Å²) in [5.74, 6) is -0.284. The van der Waals surface area contributed by atoms with Crippen LogP contribution in [0.3, 0.4) is 0 Å². The molecule has 1 saturated carbocycles. The third-order valence-electron chi connectivity index (χ3n) is 3.03. The molecule has 0 aromatic heterocycles. The van der Waals surface area contributed by atoms with Crippen molar-refractivity contribution in [2.75, 3.05) is 11.9 Å². The molecule has 1 fully saturated rings. The van der Waals surface area contributed by atoms with Gasteiger partial charge in [0.2, 0.25) is 0 Å². The van der Waals surface area contributed by atoms with Crippen molar-refractivity contribution < 1.29 is 4.39 Å². The van der Waals surface area contributed by atoms with Crippen LogP contribution >= 0.6 is 11.6 Å². The van der Waals surface area contributed by atoms with Gasteiger partial charge >= 0.3 is 0 Å². The highest BCUT2D eigenvalue weighted by atomic mass is 35.5. The zero-order chi connectivity index (χ0) is 10.9. The van der Waals surface area contributed by atoms with Crippen molar-refractivity contribution >= 4 is 17.3 Å². The van der Waals surface area contributed by atoms with Gasteiger partial charge in [-0.25, -0.2) is 4.39 Å². The predicted octanol–water partition coefficient (Wildman–Crippen LogP) is 2.77. The SMILES string of the molecule is NCC1(Nc2cc(F)ccc2Cl)CCC1. The van der Waals surface area contributed by atoms with Gasteiger partial charge in [0.05, 0.1) is 10.7 Å². The summed E-state index contributed by atoms with van der Waals surface area (Å²) in [7, 11) is 0. The van der Waals surface area contributed by atoms with Crippen LogP contribution in [0.1, 0.15) is 19.3 Å². The molecule has 15 heavy (non-hydrogen) atoms. The largest absolute Gasteiger partial charge is 0.377 e. The van der Waals surface area contributed by atoms with Crippen molar-refractivity contribution in [3.05, 3.63) is 29.0 Å². The number of rotatable bonds is 3. The molecule has 1 aromatic rings. The van der Waals surface area contributed by atoms with Crippen molar-refractivity contribution in [2.45, 2.75) is 24.8 Å². The van der Waals surface area contributed by atoms with E-state index in [4.69, 9.17) is 17.3 Å². The minimum atomic E-state index is -0.284. The molecule has 0 unspecified atom stereocenters. The van der Waals surface area contributed by atoms with E-state index in [1.165, 1.54) is 12.1 Å². The highest BCUT2D eigenvalue weighted by Crippen LogP contribution is 2.36. The molecule has 3 N–H and O–H groups in total. The molecule has 2 nitrogen and oxygen atoms in total. The Kier molecular flexibility index (Phi) is 2.85. The topological polar surface area (TPSA) is 38.0 Å². The number of hydrogen-bond donors (Lipinski definition) is 2. The fourth-order valence-corrected chi connectivity index (χ4v) is 2.03. The molecule has 0 atom stereocenters. The summed E-state index contributed by atoms with van der Waals surface area (Å²) in [6.45, 7) is 0.555. The van der Waals surface area contributed by atoms with Gasteiger partial charge in [-0.05, 0) is 37.5 Å². The molecule has 1 aliphatic rings. The fourth-order valence-electron chi connectivity index (χ4n) is 1.86. The molecule has 82 valence electrons. The first kappa shape index (κ1) is 10.7. The Labute approximate surface area is 93.6 Å². The van der Waals surface area contributed by atoms with Gasteiger partial charge in [0, 0.05) is 12.1 Å². The van der Waals surface area contributed by atoms with Crippen LogP contribution in [0.4, 0.5) is 10.1 Å². The molecule has 0 saturated heterocycles. The predicted molar refractivity (Wildman–Crippen MR) is 60.7 cm³/mol. The summed E-state index contributed by atoms with van der Waals surface area (Å²) in [5, 5.41) is 3.79. The first-order valence-corrected chi connectivity index (χ1v) is 5.46. The number of nitrogens with one attached hydrogen (secondary N) is 1. The Hall–Kier alpha value is -0.800. The molecule has 1 aliphatic carbocycles. The monoisotopic (exact) mass is 228 g/mol. The summed E-state index contributed by atoms with van der Waals surface area (Å²) in [6.07, 6.45) is 3.21. The fraction of sp³-hybridized carbons (Fsp3) is 0.455. The molecular formula is C11H14ClFN2. The van der Waals surface area contributed by atoms with Gasteiger partial charge in [0.15, 0.2) is 0 Å². The van der Waals surface area contributed by atoms with Crippen molar-refractivity contribution in [1.82, 2.24) is 0 Å². The Bertz CT molecular complexity index is 358. The second-order valence-corrected chi connectivity index (χ2v) is 4.49. The molecule has 0 spiro atoms. The molecular weight excluding hydrogens is 215 g/mol. The highest BCUT2D eigenvalue weighted by molar-refractivity contribution is 6.33. The Morgan fingerprint density at radius 3 is 2.73 bits per heavy atom. The number of benzene rings is 1. The van der Waals surface area contributed by atoms with Gasteiger partial charge in [0.1, 0.15) is 5.82 Å². The smallest absolute Gasteiger partial charge is 0.125 e. The minimum Gasteiger partial charge on any atom is -0.377 e. The molecule has 0 aliphatic heterocycles. The van der Waals surface area contributed by atoms with E-state index in [9.17, 15) is 4.39 Å². The van der Waals surface area contributed by atoms with E-state index in [0.29, 0.717) is 17.3 Å². The van der Waals surface area contributed by atoms with Crippen LogP contribution < -0.4 is 11.1 Å². The van der Waals surface area contributed by atoms with E-state index in [2.05, 4.69) is 5.32 Å². The first-order valence-electron chi connectivity index (χ1n) is 5.08. The van der Waals surface area contributed by atoms with Crippen molar-refractivity contribution in [2.24, 2.45) is 5.73 Å². The molecule has 4 heteroatoms. The van der Waals surface area contributed by atoms with E-state index in [1.54, 1.807) is 6.07 Å². The normalized spacial score (nSPS) is 18.3. The third-order valence-corrected chi connectivity index (χ3v) is 3.36. The molecule has 0 radical (unpaired) electrons. The van der Waals surface area contributed by atoms with Crippen molar-refractivity contribution in [1.29, 1.82) is 0 Å². The lowest BCUT2D eigenvalue weighted by molar-refractivity contribution is 0.287. The molecule has 0 heterocycles.